The average Bonchev–Trinajstić information content (AvgIpc) is 3.29. The summed E-state index contributed by atoms with van der Waals surface area (Å²) in [5, 5.41) is 0.132. The standard InChI is InChI=1S/C27H15BrCl2F3N3O4S/c28-13-9-16-17(12-36(26(16)34-11-13)27(38)22-18(29)5-2-6-19(22)30)25(37)23-20(32)7-8-21(24(23)33)35-41(39,40)15-4-1-3-14(31)10-15/h1-12,35,39-40H. The molecular formula is C27H15BrCl2F3N3O4S. The zero-order valence-corrected chi connectivity index (χ0v) is 24.1. The van der Waals surface area contributed by atoms with Gasteiger partial charge in [0, 0.05) is 22.3 Å². The fourth-order valence-corrected chi connectivity index (χ4v) is 6.09. The van der Waals surface area contributed by atoms with Crippen molar-refractivity contribution in [3.63, 3.8) is 0 Å². The lowest BCUT2D eigenvalue weighted by Crippen LogP contribution is -2.15. The van der Waals surface area contributed by atoms with Gasteiger partial charge in [-0.15, -0.1) is 0 Å². The van der Waals surface area contributed by atoms with Gasteiger partial charge < -0.3 is 0 Å². The van der Waals surface area contributed by atoms with Gasteiger partial charge in [0.1, 0.15) is 17.3 Å². The van der Waals surface area contributed by atoms with E-state index >= 15 is 8.78 Å². The molecule has 0 fully saturated rings. The van der Waals surface area contributed by atoms with E-state index in [4.69, 9.17) is 23.2 Å². The summed E-state index contributed by atoms with van der Waals surface area (Å²) in [6.07, 6.45) is 2.42. The first-order chi connectivity index (χ1) is 19.4. The maximum atomic E-state index is 15.7. The molecule has 0 spiro atoms. The van der Waals surface area contributed by atoms with Gasteiger partial charge in [0.2, 0.25) is 5.78 Å². The van der Waals surface area contributed by atoms with Crippen molar-refractivity contribution < 1.29 is 31.9 Å². The minimum Gasteiger partial charge on any atom is -0.288 e. The van der Waals surface area contributed by atoms with Crippen LogP contribution in [0.4, 0.5) is 18.9 Å². The molecule has 0 aliphatic carbocycles. The van der Waals surface area contributed by atoms with Crippen molar-refractivity contribution in [1.82, 2.24) is 9.55 Å². The van der Waals surface area contributed by atoms with E-state index in [0.717, 1.165) is 35.0 Å². The van der Waals surface area contributed by atoms with E-state index in [9.17, 15) is 23.1 Å². The average molecular weight is 685 g/mol. The summed E-state index contributed by atoms with van der Waals surface area (Å²) in [5.41, 5.74) is -2.08. The smallest absolute Gasteiger partial charge is 0.266 e. The number of nitrogens with zero attached hydrogens (tertiary/aromatic N) is 2. The Hall–Kier alpha value is -3.39. The molecule has 0 atom stereocenters. The quantitative estimate of drug-likeness (QED) is 0.155. The van der Waals surface area contributed by atoms with E-state index in [1.807, 2.05) is 0 Å². The van der Waals surface area contributed by atoms with Gasteiger partial charge in [-0.05, 0) is 64.5 Å². The fraction of sp³-hybridized carbons (Fsp3) is 0. The van der Waals surface area contributed by atoms with Crippen LogP contribution in [-0.4, -0.2) is 30.3 Å². The van der Waals surface area contributed by atoms with Crippen molar-refractivity contribution in [2.45, 2.75) is 4.90 Å². The summed E-state index contributed by atoms with van der Waals surface area (Å²) in [7, 11) is -4.02. The van der Waals surface area contributed by atoms with Gasteiger partial charge in [-0.1, -0.05) is 46.1 Å². The minimum atomic E-state index is -4.02. The van der Waals surface area contributed by atoms with Crippen molar-refractivity contribution in [1.29, 1.82) is 0 Å². The predicted octanol–water partition coefficient (Wildman–Crippen LogP) is 8.58. The number of ketones is 1. The van der Waals surface area contributed by atoms with Crippen LogP contribution in [0.15, 0.2) is 82.4 Å². The molecule has 0 aliphatic heterocycles. The number of nitrogens with one attached hydrogen (secondary N) is 1. The predicted molar refractivity (Wildman–Crippen MR) is 155 cm³/mol. The zero-order valence-electron chi connectivity index (χ0n) is 20.2. The Morgan fingerprint density at radius 2 is 1.63 bits per heavy atom. The highest BCUT2D eigenvalue weighted by atomic mass is 79.9. The number of fused-ring (bicyclic) bond motifs is 1. The number of carbonyl (C=O) groups is 2. The van der Waals surface area contributed by atoms with Gasteiger partial charge in [0.15, 0.2) is 5.82 Å². The molecule has 0 aliphatic rings. The van der Waals surface area contributed by atoms with E-state index in [2.05, 4.69) is 25.6 Å². The Morgan fingerprint density at radius 1 is 0.951 bits per heavy atom. The molecule has 41 heavy (non-hydrogen) atoms. The maximum Gasteiger partial charge on any atom is 0.266 e. The summed E-state index contributed by atoms with van der Waals surface area (Å²) in [4.78, 5) is 31.0. The molecule has 0 saturated carbocycles. The Balaban J connectivity index is 1.62. The third kappa shape index (κ3) is 5.46. The van der Waals surface area contributed by atoms with E-state index in [0.29, 0.717) is 4.47 Å². The lowest BCUT2D eigenvalue weighted by molar-refractivity contribution is 0.0964. The fourth-order valence-electron chi connectivity index (χ4n) is 4.07. The van der Waals surface area contributed by atoms with Crippen LogP contribution >= 0.6 is 49.9 Å². The van der Waals surface area contributed by atoms with Crippen molar-refractivity contribution in [3.8, 4) is 0 Å². The monoisotopic (exact) mass is 683 g/mol. The first-order valence-electron chi connectivity index (χ1n) is 11.4. The zero-order chi connectivity index (χ0) is 29.6. The molecule has 3 N–H and O–H groups in total. The van der Waals surface area contributed by atoms with Crippen LogP contribution < -0.4 is 4.72 Å². The van der Waals surface area contributed by atoms with Gasteiger partial charge in [-0.3, -0.25) is 28.0 Å². The highest BCUT2D eigenvalue weighted by molar-refractivity contribution is 9.10. The highest BCUT2D eigenvalue weighted by Gasteiger charge is 2.29. The van der Waals surface area contributed by atoms with E-state index in [-0.39, 0.29) is 37.1 Å². The Bertz CT molecular complexity index is 1870. The van der Waals surface area contributed by atoms with Crippen LogP contribution in [0, 0.1) is 17.5 Å². The summed E-state index contributed by atoms with van der Waals surface area (Å²) in [6, 6.07) is 11.8. The van der Waals surface area contributed by atoms with Gasteiger partial charge in [-0.2, -0.15) is 0 Å². The van der Waals surface area contributed by atoms with E-state index < -0.39 is 51.2 Å². The van der Waals surface area contributed by atoms with Gasteiger partial charge >= 0.3 is 0 Å². The number of rotatable bonds is 6. The third-order valence-corrected chi connectivity index (χ3v) is 8.42. The molecular weight excluding hydrogens is 670 g/mol. The van der Waals surface area contributed by atoms with Gasteiger partial charge in [0.25, 0.3) is 5.91 Å². The van der Waals surface area contributed by atoms with Crippen LogP contribution in [0.2, 0.25) is 10.0 Å². The Kier molecular flexibility index (Phi) is 7.90. The number of pyridine rings is 1. The van der Waals surface area contributed by atoms with Gasteiger partial charge in [-0.25, -0.2) is 18.2 Å². The Morgan fingerprint density at radius 3 is 2.32 bits per heavy atom. The summed E-state index contributed by atoms with van der Waals surface area (Å²) >= 11 is 15.6. The first-order valence-corrected chi connectivity index (χ1v) is 14.5. The van der Waals surface area contributed by atoms with Crippen molar-refractivity contribution in [2.75, 3.05) is 4.72 Å². The Labute approximate surface area is 250 Å². The van der Waals surface area contributed by atoms with Crippen LogP contribution in [0.1, 0.15) is 26.3 Å². The van der Waals surface area contributed by atoms with Crippen LogP contribution in [-0.2, 0) is 0 Å². The molecule has 0 bridgehead atoms. The molecule has 2 heterocycles. The molecule has 210 valence electrons. The second-order valence-electron chi connectivity index (χ2n) is 8.56. The lowest BCUT2D eigenvalue weighted by Gasteiger charge is -2.34. The number of benzene rings is 3. The summed E-state index contributed by atoms with van der Waals surface area (Å²) in [6.45, 7) is 0. The van der Waals surface area contributed by atoms with Crippen LogP contribution in [0.5, 0.6) is 0 Å². The molecule has 5 aromatic rings. The number of halogens is 6. The number of carbonyl (C=O) groups excluding carboxylic acids is 2. The second kappa shape index (κ2) is 11.1. The number of hydrogen-bond donors (Lipinski definition) is 3. The number of aromatic nitrogens is 2. The molecule has 0 saturated heterocycles. The molecule has 0 radical (unpaired) electrons. The number of anilines is 1. The molecule has 5 rings (SSSR count). The van der Waals surface area contributed by atoms with Crippen molar-refractivity contribution in [2.24, 2.45) is 0 Å². The topological polar surface area (TPSA) is 104 Å². The SMILES string of the molecule is O=C(c1c(F)ccc(NS(O)(O)c2cccc(F)c2)c1F)c1cn(C(=O)c2c(Cl)cccc2Cl)c2ncc(Br)cc12. The summed E-state index contributed by atoms with van der Waals surface area (Å²) < 4.78 is 68.9. The van der Waals surface area contributed by atoms with Crippen molar-refractivity contribution in [3.05, 3.63) is 122 Å². The number of hydrogen-bond acceptors (Lipinski definition) is 6. The van der Waals surface area contributed by atoms with Crippen molar-refractivity contribution >= 4 is 78.3 Å². The maximum absolute atomic E-state index is 15.7. The third-order valence-electron chi connectivity index (χ3n) is 5.95. The first kappa shape index (κ1) is 29.1. The second-order valence-corrected chi connectivity index (χ2v) is 12.1. The van der Waals surface area contributed by atoms with E-state index in [1.165, 1.54) is 42.6 Å². The largest absolute Gasteiger partial charge is 0.288 e. The molecule has 7 nitrogen and oxygen atoms in total. The summed E-state index contributed by atoms with van der Waals surface area (Å²) in [5.74, 6) is -5.41. The minimum absolute atomic E-state index is 0.0204. The van der Waals surface area contributed by atoms with E-state index in [1.54, 1.807) is 0 Å². The molecule has 3 aromatic carbocycles. The highest BCUT2D eigenvalue weighted by Crippen LogP contribution is 2.48. The van der Waals surface area contributed by atoms with Gasteiger partial charge in [0.05, 0.1) is 37.3 Å². The molecule has 14 heteroatoms. The van der Waals surface area contributed by atoms with Crippen LogP contribution in [0.25, 0.3) is 11.0 Å². The molecule has 0 unspecified atom stereocenters. The molecule has 0 amide bonds. The molecule has 2 aromatic heterocycles. The normalized spacial score (nSPS) is 12.0. The lowest BCUT2D eigenvalue weighted by atomic mass is 10.0. The van der Waals surface area contributed by atoms with Crippen LogP contribution in [0.3, 0.4) is 0 Å².